The lowest BCUT2D eigenvalue weighted by Gasteiger charge is -2.22. The van der Waals surface area contributed by atoms with Gasteiger partial charge in [0.05, 0.1) is 16.4 Å². The fourth-order valence-corrected chi connectivity index (χ4v) is 5.79. The monoisotopic (exact) mass is 523 g/mol. The van der Waals surface area contributed by atoms with Gasteiger partial charge < -0.3 is 15.4 Å². The van der Waals surface area contributed by atoms with Crippen LogP contribution < -0.4 is 15.4 Å². The van der Waals surface area contributed by atoms with Gasteiger partial charge in [0, 0.05) is 43.5 Å². The van der Waals surface area contributed by atoms with E-state index in [-0.39, 0.29) is 6.03 Å². The first-order valence-electron chi connectivity index (χ1n) is 11.9. The number of nitrogens with zero attached hydrogens (tertiary/aromatic N) is 3. The van der Waals surface area contributed by atoms with E-state index in [9.17, 15) is 4.79 Å². The molecule has 0 radical (unpaired) electrons. The van der Waals surface area contributed by atoms with Crippen molar-refractivity contribution in [3.8, 4) is 17.0 Å². The Bertz CT molecular complexity index is 1110. The Morgan fingerprint density at radius 3 is 2.53 bits per heavy atom. The first-order chi connectivity index (χ1) is 16.6. The zero-order valence-corrected chi connectivity index (χ0v) is 20.9. The first-order valence-corrected chi connectivity index (χ1v) is 12.7. The topological polar surface area (TPSA) is 71.4 Å². The average molecular weight is 524 g/mol. The lowest BCUT2D eigenvalue weighted by Crippen LogP contribution is -2.32. The van der Waals surface area contributed by atoms with Crippen LogP contribution in [-0.2, 0) is 13.6 Å². The fraction of sp³-hybridized carbons (Fsp3) is 0.385. The van der Waals surface area contributed by atoms with Crippen molar-refractivity contribution >= 4 is 27.6 Å². The summed E-state index contributed by atoms with van der Waals surface area (Å²) in [6.45, 7) is 2.05. The molecule has 2 N–H and O–H groups in total. The molecule has 2 bridgehead atoms. The molecule has 0 saturated carbocycles. The molecule has 7 nitrogen and oxygen atoms in total. The highest BCUT2D eigenvalue weighted by Crippen LogP contribution is 2.38. The summed E-state index contributed by atoms with van der Waals surface area (Å²) >= 11 is 3.61. The largest absolute Gasteiger partial charge is 0.492 e. The van der Waals surface area contributed by atoms with Gasteiger partial charge in [0.15, 0.2) is 0 Å². The van der Waals surface area contributed by atoms with Crippen molar-refractivity contribution in [1.82, 2.24) is 20.0 Å². The van der Waals surface area contributed by atoms with Crippen molar-refractivity contribution < 1.29 is 9.53 Å². The minimum Gasteiger partial charge on any atom is -0.492 e. The molecule has 2 aliphatic heterocycles. The lowest BCUT2D eigenvalue weighted by atomic mass is 10.0. The fourth-order valence-electron chi connectivity index (χ4n) is 5.23. The number of ether oxygens (including phenoxy) is 1. The Hall–Kier alpha value is -2.84. The molecule has 2 aromatic carbocycles. The number of amides is 2. The number of carbonyl (C=O) groups excluding carboxylic acids is 1. The summed E-state index contributed by atoms with van der Waals surface area (Å²) < 4.78 is 8.98. The molecule has 0 aliphatic carbocycles. The Kier molecular flexibility index (Phi) is 6.87. The van der Waals surface area contributed by atoms with Gasteiger partial charge in [0.1, 0.15) is 12.4 Å². The number of aromatic nitrogens is 2. The molecule has 2 amide bonds. The van der Waals surface area contributed by atoms with Crippen molar-refractivity contribution in [3.63, 3.8) is 0 Å². The van der Waals surface area contributed by atoms with E-state index >= 15 is 0 Å². The van der Waals surface area contributed by atoms with Crippen LogP contribution in [0.4, 0.5) is 10.5 Å². The number of anilines is 1. The van der Waals surface area contributed by atoms with Gasteiger partial charge in [-0.3, -0.25) is 9.58 Å². The SMILES string of the molecule is Cn1ncc(Br)c1-c1cc(NC(=O)NCc2ccccc2)ccc1OCCN1C2CCC1CC2. The maximum atomic E-state index is 12.5. The van der Waals surface area contributed by atoms with Crippen LogP contribution in [0.25, 0.3) is 11.3 Å². The van der Waals surface area contributed by atoms with Gasteiger partial charge in [0.2, 0.25) is 0 Å². The van der Waals surface area contributed by atoms with Crippen LogP contribution in [0.2, 0.25) is 0 Å². The number of benzene rings is 2. The smallest absolute Gasteiger partial charge is 0.319 e. The second kappa shape index (κ2) is 10.2. The molecule has 8 heteroatoms. The number of hydrogen-bond donors (Lipinski definition) is 2. The van der Waals surface area contributed by atoms with Crippen LogP contribution in [0.3, 0.4) is 0 Å². The van der Waals surface area contributed by atoms with Crippen molar-refractivity contribution in [2.45, 2.75) is 44.3 Å². The summed E-state index contributed by atoms with van der Waals surface area (Å²) in [4.78, 5) is 15.1. The quantitative estimate of drug-likeness (QED) is 0.426. The van der Waals surface area contributed by atoms with Gasteiger partial charge in [-0.05, 0) is 65.4 Å². The number of carbonyl (C=O) groups is 1. The third-order valence-electron chi connectivity index (χ3n) is 6.89. The number of nitrogens with one attached hydrogen (secondary N) is 2. The molecular formula is C26H30BrN5O2. The Morgan fingerprint density at radius 2 is 1.85 bits per heavy atom. The van der Waals surface area contributed by atoms with E-state index in [4.69, 9.17) is 4.74 Å². The van der Waals surface area contributed by atoms with Gasteiger partial charge in [-0.1, -0.05) is 30.3 Å². The maximum Gasteiger partial charge on any atom is 0.319 e. The highest BCUT2D eigenvalue weighted by molar-refractivity contribution is 9.10. The lowest BCUT2D eigenvalue weighted by molar-refractivity contribution is 0.194. The highest BCUT2D eigenvalue weighted by atomic mass is 79.9. The second-order valence-corrected chi connectivity index (χ2v) is 9.87. The number of rotatable bonds is 8. The molecule has 0 unspecified atom stereocenters. The number of halogens is 1. The third-order valence-corrected chi connectivity index (χ3v) is 7.47. The molecule has 34 heavy (non-hydrogen) atoms. The zero-order valence-electron chi connectivity index (χ0n) is 19.3. The standard InChI is InChI=1S/C26H30BrN5O2/c1-31-25(23(27)17-29-31)22-15-19(30-26(33)28-16-18-5-3-2-4-6-18)7-12-24(22)34-14-13-32-20-8-9-21(32)11-10-20/h2-7,12,15,17,20-21H,8-11,13-14,16H2,1H3,(H2,28,30,33). The van der Waals surface area contributed by atoms with E-state index in [1.54, 1.807) is 6.20 Å². The summed E-state index contributed by atoms with van der Waals surface area (Å²) in [6.07, 6.45) is 7.07. The predicted octanol–water partition coefficient (Wildman–Crippen LogP) is 5.18. The molecule has 5 rings (SSSR count). The van der Waals surface area contributed by atoms with Crippen LogP contribution in [0.1, 0.15) is 31.2 Å². The number of fused-ring (bicyclic) bond motifs is 2. The minimum absolute atomic E-state index is 0.253. The Morgan fingerprint density at radius 1 is 1.12 bits per heavy atom. The van der Waals surface area contributed by atoms with Gasteiger partial charge in [-0.2, -0.15) is 5.10 Å². The Balaban J connectivity index is 1.29. The maximum absolute atomic E-state index is 12.5. The number of urea groups is 1. The summed E-state index contributed by atoms with van der Waals surface area (Å²) in [6, 6.07) is 16.8. The van der Waals surface area contributed by atoms with Crippen molar-refractivity contribution in [1.29, 1.82) is 0 Å². The summed E-state index contributed by atoms with van der Waals surface area (Å²) in [7, 11) is 1.90. The number of aryl methyl sites for hydroxylation is 1. The minimum atomic E-state index is -0.253. The Labute approximate surface area is 208 Å². The van der Waals surface area contributed by atoms with E-state index in [1.165, 1.54) is 25.7 Å². The average Bonchev–Trinajstić information content (AvgIpc) is 3.53. The van der Waals surface area contributed by atoms with Gasteiger partial charge in [0.25, 0.3) is 0 Å². The molecule has 0 spiro atoms. The van der Waals surface area contributed by atoms with E-state index < -0.39 is 0 Å². The molecule has 3 heterocycles. The van der Waals surface area contributed by atoms with Gasteiger partial charge >= 0.3 is 6.03 Å². The molecule has 2 saturated heterocycles. The van der Waals surface area contributed by atoms with Gasteiger partial charge in [-0.15, -0.1) is 0 Å². The summed E-state index contributed by atoms with van der Waals surface area (Å²) in [5, 5.41) is 10.2. The second-order valence-electron chi connectivity index (χ2n) is 9.02. The third kappa shape index (κ3) is 4.98. The van der Waals surface area contributed by atoms with Crippen molar-refractivity contribution in [2.24, 2.45) is 7.05 Å². The molecule has 0 atom stereocenters. The normalized spacial score (nSPS) is 19.4. The molecule has 3 aromatic rings. The van der Waals surface area contributed by atoms with Crippen LogP contribution in [0, 0.1) is 0 Å². The molecular weight excluding hydrogens is 494 g/mol. The van der Waals surface area contributed by atoms with Gasteiger partial charge in [-0.25, -0.2) is 4.79 Å². The van der Waals surface area contributed by atoms with E-state index in [0.717, 1.165) is 45.7 Å². The van der Waals surface area contributed by atoms with Crippen LogP contribution >= 0.6 is 15.9 Å². The zero-order chi connectivity index (χ0) is 23.5. The molecule has 1 aromatic heterocycles. The predicted molar refractivity (Wildman–Crippen MR) is 137 cm³/mol. The molecule has 178 valence electrons. The summed E-state index contributed by atoms with van der Waals surface area (Å²) in [5.74, 6) is 0.783. The van der Waals surface area contributed by atoms with E-state index in [1.807, 2.05) is 60.3 Å². The van der Waals surface area contributed by atoms with E-state index in [0.29, 0.717) is 18.8 Å². The summed E-state index contributed by atoms with van der Waals surface area (Å²) in [5.41, 5.74) is 3.53. The van der Waals surface area contributed by atoms with E-state index in [2.05, 4.69) is 36.6 Å². The molecule has 2 aliphatic rings. The number of hydrogen-bond acceptors (Lipinski definition) is 4. The van der Waals surface area contributed by atoms with Crippen LogP contribution in [-0.4, -0.2) is 45.9 Å². The first kappa shape index (κ1) is 22.9. The highest BCUT2D eigenvalue weighted by Gasteiger charge is 2.38. The van der Waals surface area contributed by atoms with Crippen LogP contribution in [0.15, 0.2) is 59.2 Å². The van der Waals surface area contributed by atoms with Crippen molar-refractivity contribution in [3.05, 3.63) is 64.8 Å². The van der Waals surface area contributed by atoms with Crippen LogP contribution in [0.5, 0.6) is 5.75 Å². The van der Waals surface area contributed by atoms with Crippen molar-refractivity contribution in [2.75, 3.05) is 18.5 Å². The molecule has 2 fully saturated rings.